The lowest BCUT2D eigenvalue weighted by atomic mass is 10.1. The van der Waals surface area contributed by atoms with Gasteiger partial charge in [-0.05, 0) is 54.1 Å². The number of halogens is 2. The smallest absolute Gasteiger partial charge is 0.176 e. The third-order valence-electron chi connectivity index (χ3n) is 1.80. The Kier molecular flexibility index (Phi) is 3.91. The molecule has 0 heterocycles. The van der Waals surface area contributed by atoms with Crippen LogP contribution in [-0.4, -0.2) is 10.6 Å². The molecule has 0 saturated carbocycles. The zero-order chi connectivity index (χ0) is 10.0. The van der Waals surface area contributed by atoms with E-state index in [4.69, 9.17) is 0 Å². The van der Waals surface area contributed by atoms with Crippen molar-refractivity contribution in [3.05, 3.63) is 32.9 Å². The number of ketones is 1. The number of aryl methyl sites for hydroxylation is 1. The number of benzene rings is 1. The Morgan fingerprint density at radius 1 is 1.54 bits per heavy atom. The molecular weight excluding hydrogens is 343 g/mol. The Labute approximate surface area is 100 Å². The summed E-state index contributed by atoms with van der Waals surface area (Å²) in [6.45, 7) is 3.85. The number of hydrogen-bond acceptors (Lipinski definition) is 1. The molecule has 1 atom stereocenters. The van der Waals surface area contributed by atoms with E-state index < -0.39 is 0 Å². The highest BCUT2D eigenvalue weighted by Gasteiger charge is 2.11. The topological polar surface area (TPSA) is 17.1 Å². The highest BCUT2D eigenvalue weighted by atomic mass is 127. The fourth-order valence-electron chi connectivity index (χ4n) is 1.03. The number of carbonyl (C=O) groups is 1. The first-order chi connectivity index (χ1) is 6.02. The van der Waals surface area contributed by atoms with Crippen LogP contribution in [0.2, 0.25) is 0 Å². The van der Waals surface area contributed by atoms with Crippen molar-refractivity contribution in [2.75, 3.05) is 0 Å². The molecule has 0 aliphatic rings. The lowest BCUT2D eigenvalue weighted by Gasteiger charge is -2.04. The number of hydrogen-bond donors (Lipinski definition) is 0. The maximum atomic E-state index is 11.6. The molecule has 13 heavy (non-hydrogen) atoms. The zero-order valence-corrected chi connectivity index (χ0v) is 11.2. The first kappa shape index (κ1) is 11.2. The Morgan fingerprint density at radius 3 is 2.62 bits per heavy atom. The number of Topliss-reactive ketones (excluding diaryl/α,β-unsaturated/α-hetero) is 1. The molecule has 70 valence electrons. The first-order valence-electron chi connectivity index (χ1n) is 3.97. The van der Waals surface area contributed by atoms with E-state index in [-0.39, 0.29) is 10.6 Å². The van der Waals surface area contributed by atoms with Crippen molar-refractivity contribution in [3.63, 3.8) is 0 Å². The Bertz CT molecular complexity index is 334. The monoisotopic (exact) mass is 352 g/mol. The standard InChI is InChI=1S/C10H10BrIO/c1-6-5-8(3-4-9(6)12)10(13)7(2)11/h3-5,7H,1-2H3. The highest BCUT2D eigenvalue weighted by Crippen LogP contribution is 2.16. The second-order valence-electron chi connectivity index (χ2n) is 2.94. The summed E-state index contributed by atoms with van der Waals surface area (Å²) in [5, 5.41) is 0. The molecule has 1 rings (SSSR count). The fourth-order valence-corrected chi connectivity index (χ4v) is 1.63. The van der Waals surface area contributed by atoms with Crippen LogP contribution in [0.1, 0.15) is 22.8 Å². The summed E-state index contributed by atoms with van der Waals surface area (Å²) in [5.41, 5.74) is 1.93. The Hall–Kier alpha value is 0.100. The van der Waals surface area contributed by atoms with Crippen molar-refractivity contribution in [1.29, 1.82) is 0 Å². The molecule has 0 aliphatic heterocycles. The minimum absolute atomic E-state index is 0.105. The summed E-state index contributed by atoms with van der Waals surface area (Å²) in [5.74, 6) is 0.138. The van der Waals surface area contributed by atoms with Crippen LogP contribution in [0.25, 0.3) is 0 Å². The average Bonchev–Trinajstić information content (AvgIpc) is 2.08. The van der Waals surface area contributed by atoms with Gasteiger partial charge in [0, 0.05) is 9.13 Å². The van der Waals surface area contributed by atoms with Gasteiger partial charge in [-0.3, -0.25) is 4.79 Å². The van der Waals surface area contributed by atoms with Gasteiger partial charge in [-0.2, -0.15) is 0 Å². The minimum Gasteiger partial charge on any atom is -0.293 e. The minimum atomic E-state index is -0.105. The van der Waals surface area contributed by atoms with E-state index in [0.717, 1.165) is 11.1 Å². The predicted molar refractivity (Wildman–Crippen MR) is 66.6 cm³/mol. The molecule has 0 spiro atoms. The van der Waals surface area contributed by atoms with Crippen molar-refractivity contribution in [2.45, 2.75) is 18.7 Å². The van der Waals surface area contributed by atoms with E-state index in [1.54, 1.807) is 0 Å². The third kappa shape index (κ3) is 2.77. The lowest BCUT2D eigenvalue weighted by molar-refractivity contribution is 0.0996. The molecule has 0 aromatic heterocycles. The second-order valence-corrected chi connectivity index (χ2v) is 5.48. The summed E-state index contributed by atoms with van der Waals surface area (Å²) in [6.07, 6.45) is 0. The van der Waals surface area contributed by atoms with Gasteiger partial charge < -0.3 is 0 Å². The van der Waals surface area contributed by atoms with Crippen molar-refractivity contribution in [2.24, 2.45) is 0 Å². The van der Waals surface area contributed by atoms with E-state index in [1.807, 2.05) is 32.0 Å². The van der Waals surface area contributed by atoms with Gasteiger partial charge in [0.25, 0.3) is 0 Å². The molecule has 3 heteroatoms. The van der Waals surface area contributed by atoms with Gasteiger partial charge in [0.1, 0.15) is 0 Å². The van der Waals surface area contributed by atoms with Crippen LogP contribution in [0.4, 0.5) is 0 Å². The maximum Gasteiger partial charge on any atom is 0.176 e. The molecule has 1 unspecified atom stereocenters. The molecule has 0 aliphatic carbocycles. The van der Waals surface area contributed by atoms with Gasteiger partial charge in [-0.25, -0.2) is 0 Å². The average molecular weight is 353 g/mol. The lowest BCUT2D eigenvalue weighted by Crippen LogP contribution is -2.10. The summed E-state index contributed by atoms with van der Waals surface area (Å²) < 4.78 is 1.19. The predicted octanol–water partition coefficient (Wildman–Crippen LogP) is 3.57. The van der Waals surface area contributed by atoms with Gasteiger partial charge in [-0.15, -0.1) is 0 Å². The van der Waals surface area contributed by atoms with Gasteiger partial charge in [0.2, 0.25) is 0 Å². The normalized spacial score (nSPS) is 12.6. The number of alkyl halides is 1. The Morgan fingerprint density at radius 2 is 2.15 bits per heavy atom. The first-order valence-corrected chi connectivity index (χ1v) is 5.96. The second kappa shape index (κ2) is 4.55. The largest absolute Gasteiger partial charge is 0.293 e. The van der Waals surface area contributed by atoms with E-state index in [9.17, 15) is 4.79 Å². The third-order valence-corrected chi connectivity index (χ3v) is 3.43. The fraction of sp³-hybridized carbons (Fsp3) is 0.300. The number of carbonyl (C=O) groups excluding carboxylic acids is 1. The Balaban J connectivity index is 3.04. The van der Waals surface area contributed by atoms with E-state index in [1.165, 1.54) is 3.57 Å². The van der Waals surface area contributed by atoms with E-state index in [2.05, 4.69) is 38.5 Å². The van der Waals surface area contributed by atoms with Crippen LogP contribution >= 0.6 is 38.5 Å². The molecule has 0 bridgehead atoms. The molecule has 0 fully saturated rings. The van der Waals surface area contributed by atoms with Crippen LogP contribution in [0.5, 0.6) is 0 Å². The van der Waals surface area contributed by atoms with Gasteiger partial charge in [-0.1, -0.05) is 22.0 Å². The molecule has 1 aromatic carbocycles. The van der Waals surface area contributed by atoms with Gasteiger partial charge >= 0.3 is 0 Å². The van der Waals surface area contributed by atoms with Crippen molar-refractivity contribution >= 4 is 44.3 Å². The molecule has 1 nitrogen and oxygen atoms in total. The molecule has 0 saturated heterocycles. The van der Waals surface area contributed by atoms with Crippen molar-refractivity contribution in [3.8, 4) is 0 Å². The summed E-state index contributed by atoms with van der Waals surface area (Å²) >= 11 is 5.53. The zero-order valence-electron chi connectivity index (χ0n) is 7.47. The quantitative estimate of drug-likeness (QED) is 0.452. The van der Waals surface area contributed by atoms with Crippen LogP contribution in [0, 0.1) is 10.5 Å². The summed E-state index contributed by atoms with van der Waals surface area (Å²) in [7, 11) is 0. The van der Waals surface area contributed by atoms with Crippen LogP contribution in [0.3, 0.4) is 0 Å². The van der Waals surface area contributed by atoms with Crippen LogP contribution < -0.4 is 0 Å². The van der Waals surface area contributed by atoms with Crippen LogP contribution in [0.15, 0.2) is 18.2 Å². The van der Waals surface area contributed by atoms with Gasteiger partial charge in [0.05, 0.1) is 4.83 Å². The molecule has 0 radical (unpaired) electrons. The molecular formula is C10H10BrIO. The van der Waals surface area contributed by atoms with E-state index >= 15 is 0 Å². The molecule has 0 N–H and O–H groups in total. The SMILES string of the molecule is Cc1cc(C(=O)C(C)Br)ccc1I. The molecule has 0 amide bonds. The molecule has 1 aromatic rings. The maximum absolute atomic E-state index is 11.6. The summed E-state index contributed by atoms with van der Waals surface area (Å²) in [4.78, 5) is 11.5. The van der Waals surface area contributed by atoms with Crippen molar-refractivity contribution in [1.82, 2.24) is 0 Å². The highest BCUT2D eigenvalue weighted by molar-refractivity contribution is 14.1. The van der Waals surface area contributed by atoms with Crippen molar-refractivity contribution < 1.29 is 4.79 Å². The summed E-state index contributed by atoms with van der Waals surface area (Å²) in [6, 6.07) is 5.77. The van der Waals surface area contributed by atoms with Gasteiger partial charge in [0.15, 0.2) is 5.78 Å². The van der Waals surface area contributed by atoms with Crippen LogP contribution in [-0.2, 0) is 0 Å². The number of rotatable bonds is 2. The van der Waals surface area contributed by atoms with E-state index in [0.29, 0.717) is 0 Å².